The number of amides is 1. The molecule has 174 valence electrons. The summed E-state index contributed by atoms with van der Waals surface area (Å²) in [6.45, 7) is 5.18. The predicted octanol–water partition coefficient (Wildman–Crippen LogP) is 4.59. The van der Waals surface area contributed by atoms with Gasteiger partial charge in [0.05, 0.1) is 39.3 Å². The van der Waals surface area contributed by atoms with Crippen molar-refractivity contribution in [1.29, 1.82) is 5.26 Å². The van der Waals surface area contributed by atoms with Crippen LogP contribution < -0.4 is 5.32 Å². The molecule has 1 N–H and O–H groups in total. The highest BCUT2D eigenvalue weighted by Crippen LogP contribution is 2.30. The number of carbonyl (C=O) groups excluding carboxylic acids is 2. The van der Waals surface area contributed by atoms with Crippen LogP contribution in [0.25, 0.3) is 11.3 Å². The van der Waals surface area contributed by atoms with Crippen LogP contribution in [0.3, 0.4) is 0 Å². The number of hydrogen-bond donors (Lipinski definition) is 1. The first-order chi connectivity index (χ1) is 16.2. The third-order valence-corrected chi connectivity index (χ3v) is 6.40. The van der Waals surface area contributed by atoms with Crippen molar-refractivity contribution in [2.45, 2.75) is 31.0 Å². The number of non-ortho nitro benzene ring substituents is 1. The van der Waals surface area contributed by atoms with E-state index in [9.17, 15) is 25.0 Å². The highest BCUT2D eigenvalue weighted by atomic mass is 32.2. The van der Waals surface area contributed by atoms with Crippen molar-refractivity contribution >= 4 is 45.8 Å². The number of anilines is 1. The second kappa shape index (κ2) is 10.9. The topological polar surface area (TPSA) is 148 Å². The number of nitro benzene ring substituents is 1. The Morgan fingerprint density at radius 3 is 2.79 bits per heavy atom. The zero-order chi connectivity index (χ0) is 24.8. The first-order valence-corrected chi connectivity index (χ1v) is 11.8. The number of thioether (sulfide) groups is 1. The molecule has 0 saturated heterocycles. The third kappa shape index (κ3) is 5.75. The molecular weight excluding hydrogens is 478 g/mol. The highest BCUT2D eigenvalue weighted by molar-refractivity contribution is 8.00. The molecule has 34 heavy (non-hydrogen) atoms. The van der Waals surface area contributed by atoms with Crippen LogP contribution in [0.4, 0.5) is 10.8 Å². The number of thiazole rings is 1. The zero-order valence-electron chi connectivity index (χ0n) is 18.4. The Bertz CT molecular complexity index is 1300. The molecule has 0 aliphatic carbocycles. The number of ether oxygens (including phenoxy) is 1. The Morgan fingerprint density at radius 1 is 1.35 bits per heavy atom. The van der Waals surface area contributed by atoms with Gasteiger partial charge in [-0.1, -0.05) is 23.9 Å². The van der Waals surface area contributed by atoms with Crippen molar-refractivity contribution in [2.24, 2.45) is 0 Å². The molecule has 0 fully saturated rings. The third-order valence-electron chi connectivity index (χ3n) is 4.54. The van der Waals surface area contributed by atoms with Gasteiger partial charge in [0.15, 0.2) is 5.13 Å². The molecule has 3 rings (SSSR count). The number of esters is 1. The molecule has 1 atom stereocenters. The lowest BCUT2D eigenvalue weighted by molar-refractivity contribution is -0.384. The van der Waals surface area contributed by atoms with Crippen molar-refractivity contribution in [2.75, 3.05) is 11.9 Å². The van der Waals surface area contributed by atoms with Gasteiger partial charge in [-0.25, -0.2) is 14.8 Å². The number of benzene rings is 1. The number of aryl methyl sites for hydroxylation is 1. The van der Waals surface area contributed by atoms with Crippen LogP contribution in [0.1, 0.15) is 35.5 Å². The van der Waals surface area contributed by atoms with E-state index in [1.165, 1.54) is 29.5 Å². The molecule has 1 unspecified atom stereocenters. The van der Waals surface area contributed by atoms with Gasteiger partial charge in [0, 0.05) is 23.1 Å². The standard InChI is InChI=1S/C22H19N5O5S2/c1-4-32-21(29)17-9-15(10-23)20(24-12(17)2)34-13(3)19(28)26-22-25-18(11-33-22)14-6-5-7-16(8-14)27(30)31/h5-9,11,13H,4H2,1-3H3,(H,25,26,28). The normalized spacial score (nSPS) is 11.4. The first kappa shape index (κ1) is 24.8. The van der Waals surface area contributed by atoms with Crippen LogP contribution in [-0.2, 0) is 9.53 Å². The molecule has 0 aliphatic rings. The average Bonchev–Trinajstić information content (AvgIpc) is 3.27. The highest BCUT2D eigenvalue weighted by Gasteiger charge is 2.22. The minimum absolute atomic E-state index is 0.0498. The number of nitrogens with one attached hydrogen (secondary N) is 1. The number of rotatable bonds is 8. The smallest absolute Gasteiger partial charge is 0.340 e. The van der Waals surface area contributed by atoms with Crippen molar-refractivity contribution in [3.05, 3.63) is 62.6 Å². The quantitative estimate of drug-likeness (QED) is 0.204. The molecule has 0 spiro atoms. The fraction of sp³-hybridized carbons (Fsp3) is 0.227. The lowest BCUT2D eigenvalue weighted by Crippen LogP contribution is -2.22. The Morgan fingerprint density at radius 2 is 2.12 bits per heavy atom. The Kier molecular flexibility index (Phi) is 7.93. The largest absolute Gasteiger partial charge is 0.462 e. The number of nitro groups is 1. The van der Waals surface area contributed by atoms with Gasteiger partial charge < -0.3 is 10.1 Å². The van der Waals surface area contributed by atoms with Crippen molar-refractivity contribution < 1.29 is 19.2 Å². The summed E-state index contributed by atoms with van der Waals surface area (Å²) in [6, 6.07) is 9.49. The summed E-state index contributed by atoms with van der Waals surface area (Å²) < 4.78 is 4.99. The number of pyridine rings is 1. The SMILES string of the molecule is CCOC(=O)c1cc(C#N)c(SC(C)C(=O)Nc2nc(-c3cccc([N+](=O)[O-])c3)cs2)nc1C. The van der Waals surface area contributed by atoms with Gasteiger partial charge in [0.2, 0.25) is 5.91 Å². The van der Waals surface area contributed by atoms with Crippen molar-refractivity contribution in [3.63, 3.8) is 0 Å². The van der Waals surface area contributed by atoms with Crippen molar-refractivity contribution in [1.82, 2.24) is 9.97 Å². The summed E-state index contributed by atoms with van der Waals surface area (Å²) in [6.07, 6.45) is 0. The van der Waals surface area contributed by atoms with Crippen LogP contribution in [0, 0.1) is 28.4 Å². The molecule has 1 amide bonds. The van der Waals surface area contributed by atoms with Gasteiger partial charge in [-0.2, -0.15) is 5.26 Å². The summed E-state index contributed by atoms with van der Waals surface area (Å²) >= 11 is 2.27. The van der Waals surface area contributed by atoms with E-state index in [0.717, 1.165) is 11.8 Å². The zero-order valence-corrected chi connectivity index (χ0v) is 20.0. The molecule has 0 aliphatic heterocycles. The van der Waals surface area contributed by atoms with Crippen LogP contribution in [0.2, 0.25) is 0 Å². The van der Waals surface area contributed by atoms with Crippen LogP contribution in [0.15, 0.2) is 40.7 Å². The number of hydrogen-bond acceptors (Lipinski definition) is 10. The molecule has 12 heteroatoms. The van der Waals surface area contributed by atoms with Gasteiger partial charge in [-0.15, -0.1) is 11.3 Å². The molecule has 0 bridgehead atoms. The second-order valence-electron chi connectivity index (χ2n) is 6.90. The van der Waals surface area contributed by atoms with E-state index < -0.39 is 16.1 Å². The summed E-state index contributed by atoms with van der Waals surface area (Å²) in [7, 11) is 0. The van der Waals surface area contributed by atoms with Crippen molar-refractivity contribution in [3.8, 4) is 17.3 Å². The minimum atomic E-state index is -0.627. The number of aromatic nitrogens is 2. The summed E-state index contributed by atoms with van der Waals surface area (Å²) in [5.74, 6) is -0.919. The lowest BCUT2D eigenvalue weighted by atomic mass is 10.1. The fourth-order valence-electron chi connectivity index (χ4n) is 2.84. The summed E-state index contributed by atoms with van der Waals surface area (Å²) in [5.41, 5.74) is 1.79. The van der Waals surface area contributed by atoms with E-state index in [2.05, 4.69) is 15.3 Å². The maximum atomic E-state index is 12.7. The fourth-order valence-corrected chi connectivity index (χ4v) is 4.48. The van der Waals surface area contributed by atoms with E-state index >= 15 is 0 Å². The van der Waals surface area contributed by atoms with E-state index in [1.807, 2.05) is 6.07 Å². The van der Waals surface area contributed by atoms with E-state index in [-0.39, 0.29) is 29.3 Å². The van der Waals surface area contributed by atoms with Gasteiger partial charge in [-0.3, -0.25) is 14.9 Å². The average molecular weight is 498 g/mol. The van der Waals surface area contributed by atoms with E-state index in [0.29, 0.717) is 27.1 Å². The van der Waals surface area contributed by atoms with Gasteiger partial charge in [0.1, 0.15) is 11.1 Å². The molecule has 0 radical (unpaired) electrons. The van der Waals surface area contributed by atoms with Gasteiger partial charge in [0.25, 0.3) is 5.69 Å². The monoisotopic (exact) mass is 497 g/mol. The first-order valence-electron chi connectivity index (χ1n) is 10.00. The molecule has 3 aromatic rings. The second-order valence-corrected chi connectivity index (χ2v) is 9.09. The van der Waals surface area contributed by atoms with Gasteiger partial charge in [-0.05, 0) is 26.8 Å². The molecule has 10 nitrogen and oxygen atoms in total. The van der Waals surface area contributed by atoms with E-state index in [4.69, 9.17) is 4.74 Å². The molecule has 0 saturated carbocycles. The Hall–Kier alpha value is -3.82. The summed E-state index contributed by atoms with van der Waals surface area (Å²) in [4.78, 5) is 43.9. The number of carbonyl (C=O) groups is 2. The van der Waals surface area contributed by atoms with Crippen LogP contribution in [-0.4, -0.2) is 38.6 Å². The van der Waals surface area contributed by atoms with E-state index in [1.54, 1.807) is 38.3 Å². The molecule has 1 aromatic carbocycles. The van der Waals surface area contributed by atoms with Gasteiger partial charge >= 0.3 is 5.97 Å². The predicted molar refractivity (Wildman–Crippen MR) is 128 cm³/mol. The maximum Gasteiger partial charge on any atom is 0.340 e. The Labute approximate surface area is 203 Å². The lowest BCUT2D eigenvalue weighted by Gasteiger charge is -2.13. The molecule has 2 heterocycles. The van der Waals surface area contributed by atoms with Crippen LogP contribution >= 0.6 is 23.1 Å². The number of nitriles is 1. The Balaban J connectivity index is 1.72. The minimum Gasteiger partial charge on any atom is -0.462 e. The molecule has 2 aromatic heterocycles. The summed E-state index contributed by atoms with van der Waals surface area (Å²) in [5, 5.41) is 24.9. The van der Waals surface area contributed by atoms with Crippen LogP contribution in [0.5, 0.6) is 0 Å². The maximum absolute atomic E-state index is 12.7. The number of nitrogens with zero attached hydrogens (tertiary/aromatic N) is 4. The molecular formula is C22H19N5O5S2.